The van der Waals surface area contributed by atoms with Crippen molar-refractivity contribution >= 4 is 14.0 Å². The molecule has 2 unspecified atom stereocenters. The molecule has 0 aliphatic heterocycles. The quantitative estimate of drug-likeness (QED) is 0.571. The van der Waals surface area contributed by atoms with E-state index in [0.717, 1.165) is 0 Å². The number of rotatable bonds is 3. The first-order valence-electron chi connectivity index (χ1n) is 2.55. The Labute approximate surface area is 53.4 Å². The van der Waals surface area contributed by atoms with Crippen LogP contribution in [0.15, 0.2) is 0 Å². The van der Waals surface area contributed by atoms with E-state index in [1.54, 1.807) is 6.92 Å². The van der Waals surface area contributed by atoms with Crippen molar-refractivity contribution in [1.29, 1.82) is 0 Å². The molecule has 2 atom stereocenters. The summed E-state index contributed by atoms with van der Waals surface area (Å²) in [6.45, 7) is 1.57. The molecule has 0 rings (SSSR count). The highest BCUT2D eigenvalue weighted by atomic mass is 31.1. The molecule has 0 bridgehead atoms. The van der Waals surface area contributed by atoms with E-state index < -0.39 is 19.7 Å². The third-order valence-corrected chi connectivity index (χ3v) is 2.26. The highest BCUT2D eigenvalue weighted by Crippen LogP contribution is 2.24. The summed E-state index contributed by atoms with van der Waals surface area (Å²) in [6.07, 6.45) is 0.212. The van der Waals surface area contributed by atoms with Crippen LogP contribution in [-0.4, -0.2) is 21.6 Å². The molecule has 0 fully saturated rings. The number of hydrogen-bond donors (Lipinski definition) is 2. The molecule has 0 spiro atoms. The topological polar surface area (TPSA) is 74.6 Å². The number of carbonyl (C=O) groups is 1. The highest BCUT2D eigenvalue weighted by Gasteiger charge is 2.19. The fraction of sp³-hybridized carbons (Fsp3) is 0.750. The lowest BCUT2D eigenvalue weighted by Crippen LogP contribution is -2.14. The van der Waals surface area contributed by atoms with Crippen molar-refractivity contribution in [2.24, 2.45) is 0 Å². The summed E-state index contributed by atoms with van der Waals surface area (Å²) in [5.41, 5.74) is -1.06. The van der Waals surface area contributed by atoms with Crippen LogP contribution in [0.25, 0.3) is 0 Å². The monoisotopic (exact) mass is 152 g/mol. The smallest absolute Gasteiger partial charge is 0.316 e. The van der Waals surface area contributed by atoms with Gasteiger partial charge in [0.15, 0.2) is 0 Å². The van der Waals surface area contributed by atoms with Crippen molar-refractivity contribution in [2.45, 2.75) is 19.0 Å². The second-order valence-electron chi connectivity index (χ2n) is 1.64. The largest absolute Gasteiger partial charge is 0.481 e. The molecule has 0 heterocycles. The molecule has 9 heavy (non-hydrogen) atoms. The van der Waals surface area contributed by atoms with Crippen LogP contribution in [0.1, 0.15) is 13.3 Å². The van der Waals surface area contributed by atoms with Gasteiger partial charge in [-0.25, -0.2) is 0 Å². The normalized spacial score (nSPS) is 16.7. The van der Waals surface area contributed by atoms with Crippen LogP contribution < -0.4 is 0 Å². The van der Waals surface area contributed by atoms with Gasteiger partial charge >= 0.3 is 5.97 Å². The molecule has 4 nitrogen and oxygen atoms in total. The van der Waals surface area contributed by atoms with Gasteiger partial charge in [-0.2, -0.15) is 0 Å². The van der Waals surface area contributed by atoms with Gasteiger partial charge in [-0.1, -0.05) is 6.92 Å². The third-order valence-electron chi connectivity index (χ3n) is 1.00. The lowest BCUT2D eigenvalue weighted by atomic mass is 10.3. The van der Waals surface area contributed by atoms with Crippen molar-refractivity contribution < 1.29 is 19.4 Å². The van der Waals surface area contributed by atoms with Gasteiger partial charge < -0.3 is 10.00 Å². The van der Waals surface area contributed by atoms with E-state index in [0.29, 0.717) is 0 Å². The summed E-state index contributed by atoms with van der Waals surface area (Å²) in [4.78, 5) is 18.4. The van der Waals surface area contributed by atoms with E-state index in [1.165, 1.54) is 0 Å². The Morgan fingerprint density at radius 2 is 2.22 bits per heavy atom. The van der Waals surface area contributed by atoms with Gasteiger partial charge in [0, 0.05) is 0 Å². The number of carboxylic acids is 1. The Morgan fingerprint density at radius 3 is 2.22 bits per heavy atom. The highest BCUT2D eigenvalue weighted by molar-refractivity contribution is 7.40. The predicted molar refractivity (Wildman–Crippen MR) is 32.9 cm³/mol. The fourth-order valence-electron chi connectivity index (χ4n) is 0.455. The van der Waals surface area contributed by atoms with Gasteiger partial charge in [0.1, 0.15) is 5.66 Å². The zero-order chi connectivity index (χ0) is 7.44. The summed E-state index contributed by atoms with van der Waals surface area (Å²) in [6, 6.07) is 0. The molecule has 0 aromatic carbocycles. The Kier molecular flexibility index (Phi) is 3.50. The average Bonchev–Trinajstić information content (AvgIpc) is 1.64. The van der Waals surface area contributed by atoms with Crippen LogP contribution in [0.2, 0.25) is 0 Å². The minimum atomic E-state index is -2.87. The van der Waals surface area contributed by atoms with E-state index in [1.807, 2.05) is 0 Å². The molecule has 0 radical (unpaired) electrons. The maximum absolute atomic E-state index is 10.2. The van der Waals surface area contributed by atoms with E-state index in [-0.39, 0.29) is 6.42 Å². The Bertz CT molecular complexity index is 119. The minimum absolute atomic E-state index is 0.212. The lowest BCUT2D eigenvalue weighted by Gasteiger charge is -2.02. The zero-order valence-corrected chi connectivity index (χ0v) is 6.00. The van der Waals surface area contributed by atoms with Gasteiger partial charge in [-0.05, 0) is 6.42 Å². The van der Waals surface area contributed by atoms with Gasteiger partial charge in [0.25, 0.3) is 0 Å². The third kappa shape index (κ3) is 2.63. The number of aliphatic carboxylic acids is 1. The molecule has 0 aromatic rings. The lowest BCUT2D eigenvalue weighted by molar-refractivity contribution is -0.136. The number of hydrogen-bond acceptors (Lipinski definition) is 2. The summed E-state index contributed by atoms with van der Waals surface area (Å²) in [5.74, 6) is -1.19. The molecule has 0 saturated heterocycles. The molecular formula is C4H9O4P. The van der Waals surface area contributed by atoms with Crippen molar-refractivity contribution in [2.75, 3.05) is 0 Å². The molecule has 2 N–H and O–H groups in total. The van der Waals surface area contributed by atoms with Gasteiger partial charge in [-0.3, -0.25) is 9.36 Å². The molecule has 0 aliphatic carbocycles. The van der Waals surface area contributed by atoms with Crippen LogP contribution >= 0.6 is 8.03 Å². The SMILES string of the molecule is CCC(C(=O)O)[PH](=O)O. The summed E-state index contributed by atoms with van der Waals surface area (Å²) in [7, 11) is -2.87. The van der Waals surface area contributed by atoms with E-state index in [2.05, 4.69) is 0 Å². The maximum atomic E-state index is 10.2. The first kappa shape index (κ1) is 8.66. The van der Waals surface area contributed by atoms with Crippen LogP contribution in [0.4, 0.5) is 0 Å². The summed E-state index contributed by atoms with van der Waals surface area (Å²) >= 11 is 0. The van der Waals surface area contributed by atoms with Crippen molar-refractivity contribution in [1.82, 2.24) is 0 Å². The van der Waals surface area contributed by atoms with Crippen molar-refractivity contribution in [3.63, 3.8) is 0 Å². The Morgan fingerprint density at radius 1 is 1.78 bits per heavy atom. The molecule has 5 heteroatoms. The van der Waals surface area contributed by atoms with Crippen LogP contribution in [0.3, 0.4) is 0 Å². The molecular weight excluding hydrogens is 143 g/mol. The molecule has 0 saturated carbocycles. The van der Waals surface area contributed by atoms with Crippen molar-refractivity contribution in [3.8, 4) is 0 Å². The molecule has 0 amide bonds. The van der Waals surface area contributed by atoms with E-state index in [9.17, 15) is 9.36 Å². The average molecular weight is 152 g/mol. The van der Waals surface area contributed by atoms with Gasteiger partial charge in [0.2, 0.25) is 8.03 Å². The second-order valence-corrected chi connectivity index (χ2v) is 3.01. The zero-order valence-electron chi connectivity index (χ0n) is 5.00. The second kappa shape index (κ2) is 3.64. The summed E-state index contributed by atoms with van der Waals surface area (Å²) < 4.78 is 10.2. The molecule has 0 aromatic heterocycles. The van der Waals surface area contributed by atoms with Gasteiger partial charge in [0.05, 0.1) is 0 Å². The van der Waals surface area contributed by atoms with E-state index in [4.69, 9.17) is 10.00 Å². The Hall–Kier alpha value is -0.340. The summed E-state index contributed by atoms with van der Waals surface area (Å²) in [5, 5.41) is 8.21. The van der Waals surface area contributed by atoms with E-state index >= 15 is 0 Å². The Balaban J connectivity index is 3.99. The number of carboxylic acid groups (broad SMARTS) is 1. The van der Waals surface area contributed by atoms with Crippen LogP contribution in [0.5, 0.6) is 0 Å². The van der Waals surface area contributed by atoms with Crippen LogP contribution in [-0.2, 0) is 9.36 Å². The van der Waals surface area contributed by atoms with Crippen molar-refractivity contribution in [3.05, 3.63) is 0 Å². The first-order chi connectivity index (χ1) is 4.09. The fourth-order valence-corrected chi connectivity index (χ4v) is 1.02. The van der Waals surface area contributed by atoms with Crippen LogP contribution in [0, 0.1) is 0 Å². The molecule has 54 valence electrons. The minimum Gasteiger partial charge on any atom is -0.481 e. The molecule has 0 aliphatic rings. The van der Waals surface area contributed by atoms with Gasteiger partial charge in [-0.15, -0.1) is 0 Å². The first-order valence-corrected chi connectivity index (χ1v) is 3.98. The predicted octanol–water partition coefficient (Wildman–Crippen LogP) is 0.317. The standard InChI is InChI=1S/C4H9O4P/c1-2-3(4(5)6)9(7)8/h3,9H,2H2,1H3,(H,5,6)(H,7,8). The maximum Gasteiger partial charge on any atom is 0.316 e.